The SMILES string of the molecule is NCCCCN(C[C@H]1CN(CC[C@H](NC(=O)C2CCCC2)c2ccccc2)CCN1)[C@H]1CCCc2cccnc21. The van der Waals surface area contributed by atoms with Gasteiger partial charge in [0.2, 0.25) is 5.91 Å². The number of aryl methyl sites for hydroxylation is 1. The quantitative estimate of drug-likeness (QED) is 0.326. The molecule has 1 saturated carbocycles. The number of carbonyl (C=O) groups excluding carboxylic acids is 1. The Morgan fingerprint density at radius 1 is 1.10 bits per heavy atom. The number of fused-ring (bicyclic) bond motifs is 1. The second kappa shape index (κ2) is 15.1. The van der Waals surface area contributed by atoms with Crippen molar-refractivity contribution in [2.75, 3.05) is 45.8 Å². The van der Waals surface area contributed by atoms with Crippen molar-refractivity contribution in [3.8, 4) is 0 Å². The summed E-state index contributed by atoms with van der Waals surface area (Å²) in [6.07, 6.45) is 13.1. The first-order chi connectivity index (χ1) is 19.7. The lowest BCUT2D eigenvalue weighted by Crippen LogP contribution is -2.55. The van der Waals surface area contributed by atoms with Gasteiger partial charge in [-0.1, -0.05) is 49.2 Å². The van der Waals surface area contributed by atoms with E-state index in [9.17, 15) is 4.79 Å². The van der Waals surface area contributed by atoms with E-state index < -0.39 is 0 Å². The number of hydrogen-bond donors (Lipinski definition) is 3. The Kier molecular flexibility index (Phi) is 11.0. The predicted octanol–water partition coefficient (Wildman–Crippen LogP) is 4.21. The van der Waals surface area contributed by atoms with Crippen LogP contribution in [-0.2, 0) is 11.2 Å². The second-order valence-electron chi connectivity index (χ2n) is 12.1. The standard InChI is InChI=1S/C33H50N6O/c34-18-6-7-21-39(31-16-8-14-27-15-9-19-36-32(27)31)25-29-24-38(23-20-35-29)22-17-30(26-10-2-1-3-11-26)37-33(40)28-12-4-5-13-28/h1-3,9-11,15,19,28-31,35H,4-8,12-14,16-18,20-25,34H2,(H,37,40)/t29-,30+,31+/m1/s1. The number of nitrogens with two attached hydrogens (primary N) is 1. The number of nitrogens with one attached hydrogen (secondary N) is 2. The van der Waals surface area contributed by atoms with Crippen LogP contribution < -0.4 is 16.4 Å². The zero-order valence-electron chi connectivity index (χ0n) is 24.3. The number of aromatic nitrogens is 1. The molecule has 2 heterocycles. The Bertz CT molecular complexity index is 1040. The smallest absolute Gasteiger partial charge is 0.223 e. The van der Waals surface area contributed by atoms with Gasteiger partial charge in [0.05, 0.1) is 17.8 Å². The molecule has 7 nitrogen and oxygen atoms in total. The van der Waals surface area contributed by atoms with Gasteiger partial charge in [0, 0.05) is 50.9 Å². The normalized spacial score (nSPS) is 22.8. The van der Waals surface area contributed by atoms with Crippen LogP contribution in [0, 0.1) is 5.92 Å². The van der Waals surface area contributed by atoms with Gasteiger partial charge in [-0.25, -0.2) is 0 Å². The molecule has 4 N–H and O–H groups in total. The molecule has 1 aliphatic heterocycles. The average molecular weight is 547 g/mol. The summed E-state index contributed by atoms with van der Waals surface area (Å²) in [5.74, 6) is 0.443. The van der Waals surface area contributed by atoms with Gasteiger partial charge in [0.15, 0.2) is 0 Å². The monoisotopic (exact) mass is 546 g/mol. The Balaban J connectivity index is 1.20. The van der Waals surface area contributed by atoms with E-state index in [0.29, 0.717) is 12.1 Å². The Morgan fingerprint density at radius 3 is 2.77 bits per heavy atom. The topological polar surface area (TPSA) is 86.5 Å². The van der Waals surface area contributed by atoms with E-state index in [-0.39, 0.29) is 17.9 Å². The highest BCUT2D eigenvalue weighted by atomic mass is 16.1. The number of unbranched alkanes of at least 4 members (excludes halogenated alkanes) is 1. The molecule has 40 heavy (non-hydrogen) atoms. The maximum absolute atomic E-state index is 13.0. The fourth-order valence-corrected chi connectivity index (χ4v) is 7.07. The molecule has 3 atom stereocenters. The third kappa shape index (κ3) is 7.90. The lowest BCUT2D eigenvalue weighted by molar-refractivity contribution is -0.125. The van der Waals surface area contributed by atoms with Crippen molar-refractivity contribution in [3.63, 3.8) is 0 Å². The second-order valence-corrected chi connectivity index (χ2v) is 12.1. The third-order valence-corrected chi connectivity index (χ3v) is 9.28. The molecule has 7 heteroatoms. The number of piperazine rings is 1. The van der Waals surface area contributed by atoms with E-state index in [2.05, 4.69) is 62.9 Å². The summed E-state index contributed by atoms with van der Waals surface area (Å²) in [6, 6.07) is 15.8. The molecule has 2 aromatic rings. The minimum absolute atomic E-state index is 0.0696. The molecule has 2 aliphatic carbocycles. The molecular weight excluding hydrogens is 496 g/mol. The number of amides is 1. The van der Waals surface area contributed by atoms with Crippen LogP contribution in [0.2, 0.25) is 0 Å². The fourth-order valence-electron chi connectivity index (χ4n) is 7.07. The number of nitrogens with zero attached hydrogens (tertiary/aromatic N) is 3. The summed E-state index contributed by atoms with van der Waals surface area (Å²) in [5, 5.41) is 7.26. The molecule has 1 aromatic carbocycles. The van der Waals surface area contributed by atoms with Gasteiger partial charge in [-0.05, 0) is 81.6 Å². The van der Waals surface area contributed by atoms with Gasteiger partial charge in [0.25, 0.3) is 0 Å². The van der Waals surface area contributed by atoms with Crippen molar-refractivity contribution in [2.24, 2.45) is 11.7 Å². The van der Waals surface area contributed by atoms with Crippen molar-refractivity contribution >= 4 is 5.91 Å². The number of benzene rings is 1. The van der Waals surface area contributed by atoms with Crippen molar-refractivity contribution < 1.29 is 4.79 Å². The Morgan fingerprint density at radius 2 is 1.95 bits per heavy atom. The number of pyridine rings is 1. The first kappa shape index (κ1) is 29.2. The van der Waals surface area contributed by atoms with Crippen LogP contribution in [0.1, 0.15) is 86.7 Å². The minimum Gasteiger partial charge on any atom is -0.349 e. The molecular formula is C33H50N6O. The van der Waals surface area contributed by atoms with Crippen LogP contribution in [0.25, 0.3) is 0 Å². The van der Waals surface area contributed by atoms with Crippen LogP contribution in [0.15, 0.2) is 48.7 Å². The lowest BCUT2D eigenvalue weighted by atomic mass is 9.90. The largest absolute Gasteiger partial charge is 0.349 e. The van der Waals surface area contributed by atoms with Gasteiger partial charge in [-0.2, -0.15) is 0 Å². The van der Waals surface area contributed by atoms with Crippen LogP contribution in [0.4, 0.5) is 0 Å². The molecule has 2 fully saturated rings. The molecule has 3 aliphatic rings. The highest BCUT2D eigenvalue weighted by molar-refractivity contribution is 5.79. The van der Waals surface area contributed by atoms with E-state index in [4.69, 9.17) is 10.7 Å². The maximum Gasteiger partial charge on any atom is 0.223 e. The first-order valence-corrected chi connectivity index (χ1v) is 15.9. The summed E-state index contributed by atoms with van der Waals surface area (Å²) in [7, 11) is 0. The van der Waals surface area contributed by atoms with Gasteiger partial charge >= 0.3 is 0 Å². The van der Waals surface area contributed by atoms with Gasteiger partial charge in [0.1, 0.15) is 0 Å². The molecule has 5 rings (SSSR count). The molecule has 218 valence electrons. The molecule has 1 saturated heterocycles. The van der Waals surface area contributed by atoms with Crippen LogP contribution >= 0.6 is 0 Å². The summed E-state index contributed by atoms with van der Waals surface area (Å²) in [5.41, 5.74) is 9.79. The highest BCUT2D eigenvalue weighted by Crippen LogP contribution is 2.33. The van der Waals surface area contributed by atoms with Crippen LogP contribution in [0.3, 0.4) is 0 Å². The zero-order chi connectivity index (χ0) is 27.6. The lowest BCUT2D eigenvalue weighted by Gasteiger charge is -2.41. The Hall–Kier alpha value is -2.32. The number of rotatable bonds is 13. The summed E-state index contributed by atoms with van der Waals surface area (Å²) in [4.78, 5) is 23.2. The van der Waals surface area contributed by atoms with E-state index in [1.54, 1.807) is 0 Å². The molecule has 0 spiro atoms. The molecule has 1 amide bonds. The fraction of sp³-hybridized carbons (Fsp3) is 0.636. The third-order valence-electron chi connectivity index (χ3n) is 9.28. The van der Waals surface area contributed by atoms with Crippen molar-refractivity contribution in [1.82, 2.24) is 25.4 Å². The van der Waals surface area contributed by atoms with Crippen molar-refractivity contribution in [3.05, 3.63) is 65.5 Å². The molecule has 0 radical (unpaired) electrons. The number of hydrogen-bond acceptors (Lipinski definition) is 6. The first-order valence-electron chi connectivity index (χ1n) is 15.9. The van der Waals surface area contributed by atoms with Crippen LogP contribution in [0.5, 0.6) is 0 Å². The van der Waals surface area contributed by atoms with Gasteiger partial charge in [-0.15, -0.1) is 0 Å². The molecule has 0 unspecified atom stereocenters. The highest BCUT2D eigenvalue weighted by Gasteiger charge is 2.31. The van der Waals surface area contributed by atoms with Crippen molar-refractivity contribution in [1.29, 1.82) is 0 Å². The molecule has 1 aromatic heterocycles. The molecule has 0 bridgehead atoms. The van der Waals surface area contributed by atoms with E-state index >= 15 is 0 Å². The van der Waals surface area contributed by atoms with E-state index in [0.717, 1.165) is 84.3 Å². The summed E-state index contributed by atoms with van der Waals surface area (Å²) in [6.45, 7) is 6.93. The summed E-state index contributed by atoms with van der Waals surface area (Å²) >= 11 is 0. The Labute approximate surface area is 241 Å². The predicted molar refractivity (Wildman–Crippen MR) is 162 cm³/mol. The van der Waals surface area contributed by atoms with E-state index in [1.807, 2.05) is 6.20 Å². The van der Waals surface area contributed by atoms with Gasteiger partial charge in [-0.3, -0.25) is 14.7 Å². The zero-order valence-corrected chi connectivity index (χ0v) is 24.3. The average Bonchev–Trinajstić information content (AvgIpc) is 3.55. The summed E-state index contributed by atoms with van der Waals surface area (Å²) < 4.78 is 0. The maximum atomic E-state index is 13.0. The van der Waals surface area contributed by atoms with Gasteiger partial charge < -0.3 is 21.3 Å². The minimum atomic E-state index is 0.0696. The van der Waals surface area contributed by atoms with Crippen molar-refractivity contribution in [2.45, 2.75) is 82.3 Å². The number of carbonyl (C=O) groups is 1. The van der Waals surface area contributed by atoms with Crippen LogP contribution in [-0.4, -0.2) is 72.5 Å². The van der Waals surface area contributed by atoms with E-state index in [1.165, 1.54) is 42.5 Å².